The van der Waals surface area contributed by atoms with Gasteiger partial charge < -0.3 is 10.1 Å². The maximum atomic E-state index is 11.6. The van der Waals surface area contributed by atoms with E-state index in [9.17, 15) is 18.0 Å². The van der Waals surface area contributed by atoms with Gasteiger partial charge in [0, 0.05) is 6.54 Å². The molecule has 0 aliphatic heterocycles. The molecule has 0 saturated carbocycles. The quantitative estimate of drug-likeness (QED) is 0.551. The first-order valence-corrected chi connectivity index (χ1v) is 4.79. The van der Waals surface area contributed by atoms with Gasteiger partial charge in [-0.1, -0.05) is 0 Å². The molecule has 0 atom stereocenters. The molecule has 0 rings (SSSR count). The lowest BCUT2D eigenvalue weighted by molar-refractivity contribution is -0.173. The first-order valence-electron chi connectivity index (χ1n) is 3.40. The van der Waals surface area contributed by atoms with Crippen molar-refractivity contribution >= 4 is 17.7 Å². The second-order valence-electron chi connectivity index (χ2n) is 2.07. The fourth-order valence-electron chi connectivity index (χ4n) is 0.479. The Bertz CT molecular complexity index is 162. The van der Waals surface area contributed by atoms with Crippen molar-refractivity contribution in [1.29, 1.82) is 0 Å². The van der Waals surface area contributed by atoms with E-state index in [2.05, 4.69) is 0 Å². The summed E-state index contributed by atoms with van der Waals surface area (Å²) < 4.78 is 39.5. The van der Waals surface area contributed by atoms with Crippen LogP contribution in [0.15, 0.2) is 0 Å². The number of hydrogen-bond acceptors (Lipinski definition) is 3. The summed E-state index contributed by atoms with van der Waals surface area (Å²) in [6.07, 6.45) is -3.01. The Morgan fingerprint density at radius 1 is 1.54 bits per heavy atom. The average molecular weight is 217 g/mol. The van der Waals surface area contributed by atoms with Crippen LogP contribution < -0.4 is 5.32 Å². The van der Waals surface area contributed by atoms with Gasteiger partial charge >= 0.3 is 12.1 Å². The number of amides is 1. The molecule has 78 valence electrons. The van der Waals surface area contributed by atoms with Gasteiger partial charge in [0.15, 0.2) is 0 Å². The molecule has 0 heterocycles. The lowest BCUT2D eigenvalue weighted by Gasteiger charge is -2.07. The van der Waals surface area contributed by atoms with Crippen LogP contribution in [0.3, 0.4) is 0 Å². The summed E-state index contributed by atoms with van der Waals surface area (Å²) in [6.45, 7) is -0.0401. The fourth-order valence-corrected chi connectivity index (χ4v) is 0.764. The van der Waals surface area contributed by atoms with Crippen molar-refractivity contribution in [3.63, 3.8) is 0 Å². The summed E-state index contributed by atoms with van der Waals surface area (Å²) in [4.78, 5) is 10.2. The normalized spacial score (nSPS) is 11.4. The van der Waals surface area contributed by atoms with Gasteiger partial charge in [-0.2, -0.15) is 13.2 Å². The molecule has 0 aliphatic carbocycles. The molecule has 7 heteroatoms. The van der Waals surface area contributed by atoms with E-state index in [1.54, 1.807) is 11.6 Å². The molecule has 1 N–H and O–H groups in total. The third kappa shape index (κ3) is 6.71. The van der Waals surface area contributed by atoms with E-state index >= 15 is 0 Å². The van der Waals surface area contributed by atoms with Crippen LogP contribution in [0.5, 0.6) is 0 Å². The van der Waals surface area contributed by atoms with E-state index in [1.165, 1.54) is 11.8 Å². The molecule has 0 fully saturated rings. The maximum absolute atomic E-state index is 11.6. The smallest absolute Gasteiger partial charge is 0.369 e. The van der Waals surface area contributed by atoms with Crippen LogP contribution in [0.4, 0.5) is 13.2 Å². The summed E-state index contributed by atoms with van der Waals surface area (Å²) in [5.74, 6) is -1.53. The highest BCUT2D eigenvalue weighted by molar-refractivity contribution is 7.98. The van der Waals surface area contributed by atoms with Crippen molar-refractivity contribution in [1.82, 2.24) is 5.32 Å². The number of nitrogens with one attached hydrogen (secondary N) is 1. The summed E-state index contributed by atoms with van der Waals surface area (Å²) in [6, 6.07) is 0. The van der Waals surface area contributed by atoms with Crippen LogP contribution in [0.25, 0.3) is 0 Å². The zero-order valence-electron chi connectivity index (χ0n) is 6.98. The lowest BCUT2D eigenvalue weighted by Crippen LogP contribution is -2.38. The minimum atomic E-state index is -4.81. The highest BCUT2D eigenvalue weighted by Crippen LogP contribution is 2.13. The van der Waals surface area contributed by atoms with E-state index in [-0.39, 0.29) is 13.2 Å². The number of thioether (sulfide) groups is 1. The van der Waals surface area contributed by atoms with Crippen molar-refractivity contribution in [2.75, 3.05) is 25.3 Å². The maximum Gasteiger partial charge on any atom is 0.471 e. The SMILES string of the molecule is CSCOCCNC(=O)C(F)(F)F. The highest BCUT2D eigenvalue weighted by Gasteiger charge is 2.38. The Kier molecular flexibility index (Phi) is 5.89. The van der Waals surface area contributed by atoms with E-state index in [1.807, 2.05) is 0 Å². The average Bonchev–Trinajstić information content (AvgIpc) is 2.02. The van der Waals surface area contributed by atoms with Gasteiger partial charge in [-0.25, -0.2) is 0 Å². The minimum Gasteiger partial charge on any atom is -0.369 e. The van der Waals surface area contributed by atoms with Crippen LogP contribution in [-0.4, -0.2) is 37.4 Å². The Hall–Kier alpha value is -0.430. The predicted molar refractivity (Wildman–Crippen MR) is 43.4 cm³/mol. The molecule has 0 bridgehead atoms. The zero-order chi connectivity index (χ0) is 10.3. The van der Waals surface area contributed by atoms with E-state index in [4.69, 9.17) is 4.74 Å². The Morgan fingerprint density at radius 2 is 2.15 bits per heavy atom. The Balaban J connectivity index is 3.38. The molecule has 0 saturated heterocycles. The van der Waals surface area contributed by atoms with Gasteiger partial charge in [-0.05, 0) is 6.26 Å². The summed E-state index contributed by atoms with van der Waals surface area (Å²) >= 11 is 1.41. The van der Waals surface area contributed by atoms with Gasteiger partial charge in [-0.3, -0.25) is 4.79 Å². The molecule has 0 aromatic carbocycles. The molecule has 0 aromatic rings. The predicted octanol–water partition coefficient (Wildman–Crippen LogP) is 1.00. The topological polar surface area (TPSA) is 38.3 Å². The van der Waals surface area contributed by atoms with Crippen LogP contribution >= 0.6 is 11.8 Å². The van der Waals surface area contributed by atoms with Crippen molar-refractivity contribution < 1.29 is 22.7 Å². The number of halogens is 3. The largest absolute Gasteiger partial charge is 0.471 e. The Labute approximate surface area is 78.0 Å². The number of rotatable bonds is 5. The molecule has 0 radical (unpaired) electrons. The first-order chi connectivity index (χ1) is 5.98. The summed E-state index contributed by atoms with van der Waals surface area (Å²) in [5.41, 5.74) is 0. The van der Waals surface area contributed by atoms with E-state index in [0.717, 1.165) is 0 Å². The second-order valence-corrected chi connectivity index (χ2v) is 2.88. The minimum absolute atomic E-state index is 0.0860. The molecule has 0 spiro atoms. The van der Waals surface area contributed by atoms with Gasteiger partial charge in [0.1, 0.15) is 0 Å². The third-order valence-corrected chi connectivity index (χ3v) is 1.39. The number of hydrogen-bond donors (Lipinski definition) is 1. The number of carbonyl (C=O) groups excluding carboxylic acids is 1. The molecular weight excluding hydrogens is 207 g/mol. The summed E-state index contributed by atoms with van der Waals surface area (Å²) in [7, 11) is 0. The molecule has 0 aromatic heterocycles. The van der Waals surface area contributed by atoms with Crippen LogP contribution in [0, 0.1) is 0 Å². The summed E-state index contributed by atoms with van der Waals surface area (Å²) in [5, 5.41) is 1.68. The third-order valence-electron chi connectivity index (χ3n) is 0.991. The number of alkyl halides is 3. The molecule has 0 unspecified atom stereocenters. The van der Waals surface area contributed by atoms with Gasteiger partial charge in [0.2, 0.25) is 0 Å². The van der Waals surface area contributed by atoms with Crippen molar-refractivity contribution in [3.8, 4) is 0 Å². The van der Waals surface area contributed by atoms with Gasteiger partial charge in [0.05, 0.1) is 12.5 Å². The van der Waals surface area contributed by atoms with Gasteiger partial charge in [-0.15, -0.1) is 11.8 Å². The highest BCUT2D eigenvalue weighted by atomic mass is 32.2. The van der Waals surface area contributed by atoms with Gasteiger partial charge in [0.25, 0.3) is 0 Å². The lowest BCUT2D eigenvalue weighted by atomic mass is 10.5. The zero-order valence-corrected chi connectivity index (χ0v) is 7.80. The van der Waals surface area contributed by atoms with Crippen molar-refractivity contribution in [2.24, 2.45) is 0 Å². The number of carbonyl (C=O) groups is 1. The molecular formula is C6H10F3NO2S. The van der Waals surface area contributed by atoms with Crippen molar-refractivity contribution in [3.05, 3.63) is 0 Å². The van der Waals surface area contributed by atoms with Crippen LogP contribution in [-0.2, 0) is 9.53 Å². The molecule has 1 amide bonds. The second kappa shape index (κ2) is 6.09. The van der Waals surface area contributed by atoms with E-state index < -0.39 is 12.1 Å². The molecule has 3 nitrogen and oxygen atoms in total. The van der Waals surface area contributed by atoms with Crippen molar-refractivity contribution in [2.45, 2.75) is 6.18 Å². The fraction of sp³-hybridized carbons (Fsp3) is 0.833. The molecule has 13 heavy (non-hydrogen) atoms. The van der Waals surface area contributed by atoms with Crippen LogP contribution in [0.2, 0.25) is 0 Å². The standard InChI is InChI=1S/C6H10F3NO2S/c1-13-4-12-3-2-10-5(11)6(7,8)9/h2-4H2,1H3,(H,10,11). The van der Waals surface area contributed by atoms with Crippen LogP contribution in [0.1, 0.15) is 0 Å². The molecule has 0 aliphatic rings. The Morgan fingerprint density at radius 3 is 2.62 bits per heavy atom. The monoisotopic (exact) mass is 217 g/mol. The first kappa shape index (κ1) is 12.6. The number of ether oxygens (including phenoxy) is 1. The van der Waals surface area contributed by atoms with E-state index in [0.29, 0.717) is 5.94 Å².